The summed E-state index contributed by atoms with van der Waals surface area (Å²) in [4.78, 5) is 13.3. The first-order chi connectivity index (χ1) is 13.2. The lowest BCUT2D eigenvalue weighted by molar-refractivity contribution is -0.766. The van der Waals surface area contributed by atoms with Crippen molar-refractivity contribution in [3.8, 4) is 5.75 Å². The summed E-state index contributed by atoms with van der Waals surface area (Å²) in [6, 6.07) is 5.28. The predicted octanol–water partition coefficient (Wildman–Crippen LogP) is 4.86. The second-order valence-corrected chi connectivity index (χ2v) is 8.50. The van der Waals surface area contributed by atoms with Gasteiger partial charge in [-0.2, -0.15) is 0 Å². The summed E-state index contributed by atoms with van der Waals surface area (Å²) in [5, 5.41) is 13.9. The van der Waals surface area contributed by atoms with Crippen molar-refractivity contribution in [2.24, 2.45) is 11.1 Å². The number of hydrogen-bond acceptors (Lipinski definition) is 5. The number of hydrogen-bond donors (Lipinski definition) is 1. The minimum Gasteiger partial charge on any atom is -0.620 e. The molecule has 7 heteroatoms. The zero-order valence-electron chi connectivity index (χ0n) is 18.2. The van der Waals surface area contributed by atoms with E-state index in [0.717, 1.165) is 19.3 Å². The fraction of sp³-hybridized carbons (Fsp3) is 0.591. The fourth-order valence-corrected chi connectivity index (χ4v) is 3.40. The third-order valence-corrected chi connectivity index (χ3v) is 4.60. The summed E-state index contributed by atoms with van der Waals surface area (Å²) in [5.74, 6) is 0.530. The molecule has 1 heterocycles. The Bertz CT molecular complexity index is 743. The van der Waals surface area contributed by atoms with Crippen LogP contribution in [-0.2, 0) is 4.74 Å². The zero-order chi connectivity index (χ0) is 20.9. The van der Waals surface area contributed by atoms with Crippen molar-refractivity contribution in [3.05, 3.63) is 40.2 Å². The Kier molecular flexibility index (Phi) is 9.15. The Labute approximate surface area is 180 Å². The van der Waals surface area contributed by atoms with Crippen LogP contribution in [0.3, 0.4) is 0 Å². The lowest BCUT2D eigenvalue weighted by Gasteiger charge is -2.47. The number of rotatable bonds is 9. The zero-order valence-corrected chi connectivity index (χ0v) is 19.1. The standard InChI is InChI=1S/C22H34N2O4.ClH/c1-6-8-12-28-20-17-10-9-16(27-11-7-2)13-18(17)21(25)24(26,19(20)14-23)15-22(3,4)5;/h9-10,13H,6-8,11-12,14-15,23H2,1-5H3;1H. The molecule has 0 fully saturated rings. The Morgan fingerprint density at radius 1 is 1.07 bits per heavy atom. The molecule has 1 amide bonds. The molecule has 0 saturated carbocycles. The van der Waals surface area contributed by atoms with Crippen LogP contribution in [0, 0.1) is 10.6 Å². The Hall–Kier alpha value is -1.60. The number of carbonyl (C=O) groups excluding carboxylic acids is 1. The molecule has 1 aliphatic rings. The van der Waals surface area contributed by atoms with E-state index in [1.165, 1.54) is 0 Å². The lowest BCUT2D eigenvalue weighted by Crippen LogP contribution is -2.55. The van der Waals surface area contributed by atoms with Crippen molar-refractivity contribution < 1.29 is 18.9 Å². The van der Waals surface area contributed by atoms with Crippen LogP contribution in [0.1, 0.15) is 69.8 Å². The fourth-order valence-electron chi connectivity index (χ4n) is 3.40. The molecule has 0 radical (unpaired) electrons. The first-order valence-electron chi connectivity index (χ1n) is 10.2. The molecule has 1 atom stereocenters. The quantitative estimate of drug-likeness (QED) is 0.346. The molecule has 0 aliphatic carbocycles. The molecular formula is C22H35ClN2O4. The molecule has 164 valence electrons. The maximum absolute atomic E-state index is 13.9. The van der Waals surface area contributed by atoms with Crippen LogP contribution in [0.5, 0.6) is 5.75 Å². The minimum absolute atomic E-state index is 0. The highest BCUT2D eigenvalue weighted by atomic mass is 35.5. The van der Waals surface area contributed by atoms with Gasteiger partial charge in [-0.05, 0) is 31.0 Å². The van der Waals surface area contributed by atoms with Gasteiger partial charge in [-0.1, -0.05) is 41.0 Å². The average molecular weight is 427 g/mol. The number of carbonyl (C=O) groups is 1. The van der Waals surface area contributed by atoms with Crippen LogP contribution in [-0.4, -0.2) is 36.9 Å². The molecule has 0 saturated heterocycles. The Balaban J connectivity index is 0.00000420. The van der Waals surface area contributed by atoms with Gasteiger partial charge in [0.2, 0.25) is 0 Å². The van der Waals surface area contributed by atoms with E-state index in [-0.39, 0.29) is 30.9 Å². The number of fused-ring (bicyclic) bond motifs is 1. The van der Waals surface area contributed by atoms with Crippen LogP contribution in [0.4, 0.5) is 0 Å². The van der Waals surface area contributed by atoms with Gasteiger partial charge in [-0.25, -0.2) is 4.79 Å². The summed E-state index contributed by atoms with van der Waals surface area (Å²) in [6.07, 6.45) is 2.69. The maximum atomic E-state index is 13.9. The molecule has 1 unspecified atom stereocenters. The van der Waals surface area contributed by atoms with Gasteiger partial charge >= 0.3 is 5.91 Å². The third-order valence-electron chi connectivity index (χ3n) is 4.60. The molecule has 29 heavy (non-hydrogen) atoms. The van der Waals surface area contributed by atoms with Crippen molar-refractivity contribution in [2.75, 3.05) is 26.3 Å². The second kappa shape index (κ2) is 10.4. The van der Waals surface area contributed by atoms with Gasteiger partial charge in [0.1, 0.15) is 5.75 Å². The predicted molar refractivity (Wildman–Crippen MR) is 119 cm³/mol. The van der Waals surface area contributed by atoms with E-state index < -0.39 is 10.6 Å². The van der Waals surface area contributed by atoms with Crippen LogP contribution < -0.4 is 10.5 Å². The topological polar surface area (TPSA) is 84.6 Å². The first kappa shape index (κ1) is 25.4. The number of nitrogens with two attached hydrogens (primary N) is 1. The van der Waals surface area contributed by atoms with E-state index in [9.17, 15) is 10.0 Å². The SMILES string of the molecule is CCCCOC1=C(CN)[N+]([O-])(CC(C)(C)C)C(=O)c2cc(OCCC)ccc21.Cl. The van der Waals surface area contributed by atoms with Crippen LogP contribution in [0.2, 0.25) is 0 Å². The summed E-state index contributed by atoms with van der Waals surface area (Å²) >= 11 is 0. The summed E-state index contributed by atoms with van der Waals surface area (Å²) in [5.41, 5.74) is 6.89. The van der Waals surface area contributed by atoms with E-state index in [1.807, 2.05) is 33.8 Å². The number of benzene rings is 1. The van der Waals surface area contributed by atoms with Crippen molar-refractivity contribution in [3.63, 3.8) is 0 Å². The summed E-state index contributed by atoms with van der Waals surface area (Å²) in [6.45, 7) is 11.0. The second-order valence-electron chi connectivity index (χ2n) is 8.50. The number of halogens is 1. The highest BCUT2D eigenvalue weighted by molar-refractivity contribution is 5.98. The van der Waals surface area contributed by atoms with Crippen LogP contribution >= 0.6 is 12.4 Å². The Morgan fingerprint density at radius 2 is 1.76 bits per heavy atom. The molecule has 1 aromatic carbocycles. The van der Waals surface area contributed by atoms with Crippen molar-refractivity contribution in [2.45, 2.75) is 53.9 Å². The van der Waals surface area contributed by atoms with Crippen molar-refractivity contribution >= 4 is 24.1 Å². The number of ether oxygens (including phenoxy) is 2. The van der Waals surface area contributed by atoms with E-state index in [1.54, 1.807) is 12.1 Å². The van der Waals surface area contributed by atoms with Gasteiger partial charge in [0.15, 0.2) is 11.5 Å². The summed E-state index contributed by atoms with van der Waals surface area (Å²) in [7, 11) is 0. The van der Waals surface area contributed by atoms with E-state index in [4.69, 9.17) is 15.2 Å². The van der Waals surface area contributed by atoms with Gasteiger partial charge < -0.3 is 20.4 Å². The normalized spacial score (nSPS) is 18.9. The van der Waals surface area contributed by atoms with Crippen LogP contribution in [0.15, 0.2) is 23.9 Å². The molecule has 1 aliphatic heterocycles. The number of unbranched alkanes of at least 4 members (excludes halogenated alkanes) is 1. The molecule has 0 bridgehead atoms. The molecular weight excluding hydrogens is 392 g/mol. The van der Waals surface area contributed by atoms with Gasteiger partial charge in [-0.3, -0.25) is 4.65 Å². The molecule has 2 N–H and O–H groups in total. The summed E-state index contributed by atoms with van der Waals surface area (Å²) < 4.78 is 10.6. The number of hydroxylamine groups is 3. The number of nitrogens with zero attached hydrogens (tertiary/aromatic N) is 1. The smallest absolute Gasteiger partial charge is 0.351 e. The monoisotopic (exact) mass is 426 g/mol. The van der Waals surface area contributed by atoms with Crippen molar-refractivity contribution in [1.29, 1.82) is 0 Å². The lowest BCUT2D eigenvalue weighted by atomic mass is 9.91. The average Bonchev–Trinajstić information content (AvgIpc) is 2.63. The third kappa shape index (κ3) is 5.72. The van der Waals surface area contributed by atoms with E-state index in [2.05, 4.69) is 6.92 Å². The van der Waals surface area contributed by atoms with Gasteiger partial charge in [0.05, 0.1) is 31.9 Å². The van der Waals surface area contributed by atoms with E-state index in [0.29, 0.717) is 41.5 Å². The molecule has 0 spiro atoms. The van der Waals surface area contributed by atoms with Crippen molar-refractivity contribution in [1.82, 2.24) is 0 Å². The first-order valence-corrected chi connectivity index (χ1v) is 10.2. The van der Waals surface area contributed by atoms with Gasteiger partial charge in [0, 0.05) is 11.0 Å². The number of amides is 1. The largest absolute Gasteiger partial charge is 0.620 e. The number of quaternary nitrogens is 1. The Morgan fingerprint density at radius 3 is 2.31 bits per heavy atom. The molecule has 2 rings (SSSR count). The maximum Gasteiger partial charge on any atom is 0.351 e. The van der Waals surface area contributed by atoms with Gasteiger partial charge in [-0.15, -0.1) is 12.4 Å². The van der Waals surface area contributed by atoms with Crippen LogP contribution in [0.25, 0.3) is 5.76 Å². The molecule has 6 nitrogen and oxygen atoms in total. The molecule has 0 aromatic heterocycles. The highest BCUT2D eigenvalue weighted by Crippen LogP contribution is 2.40. The van der Waals surface area contributed by atoms with Gasteiger partial charge in [0.25, 0.3) is 0 Å². The highest BCUT2D eigenvalue weighted by Gasteiger charge is 2.45. The minimum atomic E-state index is -1.11. The molecule has 1 aromatic rings. The van der Waals surface area contributed by atoms with E-state index >= 15 is 0 Å².